The number of hydrogen-bond donors (Lipinski definition) is 5. The lowest BCUT2D eigenvalue weighted by atomic mass is 10.1. The SMILES string of the molecule is N=[N+]=N.NCCc1ccc(O)c(O)c1. The topological polar surface area (TPSA) is 128 Å². The van der Waals surface area contributed by atoms with Gasteiger partial charge in [0.15, 0.2) is 11.5 Å². The molecule has 0 heterocycles. The molecule has 1 rings (SSSR count). The Morgan fingerprint density at radius 3 is 2.21 bits per heavy atom. The first-order valence-electron chi connectivity index (χ1n) is 3.89. The zero-order valence-corrected chi connectivity index (χ0v) is 7.57. The van der Waals surface area contributed by atoms with Crippen LogP contribution in [0.15, 0.2) is 18.2 Å². The highest BCUT2D eigenvalue weighted by atomic mass is 16.3. The summed E-state index contributed by atoms with van der Waals surface area (Å²) in [5.41, 5.74) is 17.2. The molecule has 0 bridgehead atoms. The minimum absolute atomic E-state index is 0.0871. The Balaban J connectivity index is 0.000000500. The third-order valence-corrected chi connectivity index (χ3v) is 1.47. The monoisotopic (exact) mass is 197 g/mol. The smallest absolute Gasteiger partial charge is 0.211 e. The maximum absolute atomic E-state index is 9.04. The summed E-state index contributed by atoms with van der Waals surface area (Å²) in [4.78, 5) is 2.00. The van der Waals surface area contributed by atoms with Crippen LogP contribution in [0.5, 0.6) is 11.5 Å². The van der Waals surface area contributed by atoms with Gasteiger partial charge in [0.25, 0.3) is 0 Å². The van der Waals surface area contributed by atoms with Crippen molar-refractivity contribution in [2.24, 2.45) is 5.73 Å². The van der Waals surface area contributed by atoms with Crippen LogP contribution in [-0.2, 0) is 6.42 Å². The Morgan fingerprint density at radius 2 is 1.79 bits per heavy atom. The molecule has 0 amide bonds. The minimum Gasteiger partial charge on any atom is -0.504 e. The van der Waals surface area contributed by atoms with Gasteiger partial charge in [-0.15, -0.1) is 0 Å². The summed E-state index contributed by atoms with van der Waals surface area (Å²) in [5.74, 6) is -0.179. The molecule has 6 heteroatoms. The van der Waals surface area contributed by atoms with Crippen molar-refractivity contribution in [1.82, 2.24) is 4.91 Å². The second-order valence-electron chi connectivity index (χ2n) is 2.47. The van der Waals surface area contributed by atoms with E-state index >= 15 is 0 Å². The molecular formula is C8H13N4O2+. The van der Waals surface area contributed by atoms with E-state index in [0.717, 1.165) is 5.56 Å². The summed E-state index contributed by atoms with van der Waals surface area (Å²) in [6, 6.07) is 4.71. The molecule has 0 aromatic heterocycles. The molecule has 6 N–H and O–H groups in total. The fraction of sp³-hybridized carbons (Fsp3) is 0.250. The van der Waals surface area contributed by atoms with Crippen LogP contribution in [0.2, 0.25) is 0 Å². The molecule has 0 atom stereocenters. The van der Waals surface area contributed by atoms with Crippen molar-refractivity contribution < 1.29 is 10.2 Å². The minimum atomic E-state index is -0.0919. The number of phenols is 2. The Kier molecular flexibility index (Phi) is 5.69. The molecule has 0 spiro atoms. The highest BCUT2D eigenvalue weighted by Crippen LogP contribution is 2.24. The fourth-order valence-corrected chi connectivity index (χ4v) is 0.891. The normalized spacial score (nSPS) is 8.36. The summed E-state index contributed by atoms with van der Waals surface area (Å²) in [6.45, 7) is 0.546. The van der Waals surface area contributed by atoms with Crippen LogP contribution in [0.1, 0.15) is 5.56 Å². The van der Waals surface area contributed by atoms with Gasteiger partial charge in [-0.05, 0) is 30.7 Å². The molecule has 14 heavy (non-hydrogen) atoms. The Bertz CT molecular complexity index is 321. The first kappa shape index (κ1) is 12.1. The number of rotatable bonds is 2. The largest absolute Gasteiger partial charge is 0.504 e. The van der Waals surface area contributed by atoms with Crippen LogP contribution < -0.4 is 10.6 Å². The van der Waals surface area contributed by atoms with Crippen molar-refractivity contribution in [1.29, 1.82) is 11.1 Å². The van der Waals surface area contributed by atoms with E-state index in [-0.39, 0.29) is 11.5 Å². The van der Waals surface area contributed by atoms with Gasteiger partial charge in [0.05, 0.1) is 0 Å². The maximum atomic E-state index is 9.04. The van der Waals surface area contributed by atoms with E-state index in [1.165, 1.54) is 12.1 Å². The molecule has 0 saturated carbocycles. The van der Waals surface area contributed by atoms with Crippen LogP contribution in [0.25, 0.3) is 0 Å². The number of benzene rings is 1. The van der Waals surface area contributed by atoms with E-state index < -0.39 is 0 Å². The average Bonchev–Trinajstić information content (AvgIpc) is 2.13. The van der Waals surface area contributed by atoms with Crippen LogP contribution in [-0.4, -0.2) is 16.8 Å². The van der Waals surface area contributed by atoms with E-state index in [1.807, 2.05) is 4.91 Å². The van der Waals surface area contributed by atoms with Gasteiger partial charge in [-0.25, -0.2) is 0 Å². The molecule has 0 unspecified atom stereocenters. The van der Waals surface area contributed by atoms with Crippen LogP contribution in [0.3, 0.4) is 0 Å². The predicted octanol–water partition coefficient (Wildman–Crippen LogP) is 0.715. The zero-order valence-electron chi connectivity index (χ0n) is 7.57. The van der Waals surface area contributed by atoms with Crippen molar-refractivity contribution in [3.63, 3.8) is 0 Å². The van der Waals surface area contributed by atoms with Gasteiger partial charge in [-0.1, -0.05) is 6.07 Å². The Morgan fingerprint density at radius 1 is 1.21 bits per heavy atom. The highest BCUT2D eigenvalue weighted by Gasteiger charge is 1.98. The molecule has 6 nitrogen and oxygen atoms in total. The third-order valence-electron chi connectivity index (χ3n) is 1.47. The van der Waals surface area contributed by atoms with Gasteiger partial charge >= 0.3 is 0 Å². The summed E-state index contributed by atoms with van der Waals surface area (Å²) in [5, 5.41) is 18.0. The number of nitrogens with one attached hydrogen (secondary N) is 2. The molecule has 1 aromatic carbocycles. The third kappa shape index (κ3) is 4.20. The number of hydrogen-bond acceptors (Lipinski definition) is 5. The first-order chi connectivity index (χ1) is 6.65. The average molecular weight is 197 g/mol. The van der Waals surface area contributed by atoms with E-state index in [0.29, 0.717) is 13.0 Å². The Labute approximate surface area is 81.0 Å². The number of phenolic OH excluding ortho intramolecular Hbond substituents is 2. The fourth-order valence-electron chi connectivity index (χ4n) is 0.891. The van der Waals surface area contributed by atoms with Gasteiger partial charge in [0.1, 0.15) is 11.1 Å². The maximum Gasteiger partial charge on any atom is 0.211 e. The summed E-state index contributed by atoms with van der Waals surface area (Å²) in [6.07, 6.45) is 0.716. The second kappa shape index (κ2) is 6.59. The van der Waals surface area contributed by atoms with Crippen molar-refractivity contribution >= 4 is 0 Å². The molecule has 0 aliphatic carbocycles. The van der Waals surface area contributed by atoms with Crippen molar-refractivity contribution in [2.45, 2.75) is 6.42 Å². The van der Waals surface area contributed by atoms with Gasteiger partial charge in [-0.2, -0.15) is 0 Å². The summed E-state index contributed by atoms with van der Waals surface area (Å²) in [7, 11) is 0. The molecule has 0 radical (unpaired) electrons. The highest BCUT2D eigenvalue weighted by molar-refractivity contribution is 5.40. The predicted molar refractivity (Wildman–Crippen MR) is 50.1 cm³/mol. The lowest BCUT2D eigenvalue weighted by Crippen LogP contribution is -2.02. The lowest BCUT2D eigenvalue weighted by Gasteiger charge is -2.00. The van der Waals surface area contributed by atoms with Crippen LogP contribution in [0.4, 0.5) is 0 Å². The number of nitrogens with two attached hydrogens (primary N) is 1. The molecule has 1 aromatic rings. The number of nitrogens with zero attached hydrogens (tertiary/aromatic N) is 1. The summed E-state index contributed by atoms with van der Waals surface area (Å²) >= 11 is 0. The van der Waals surface area contributed by atoms with E-state index in [1.54, 1.807) is 6.07 Å². The first-order valence-corrected chi connectivity index (χ1v) is 3.89. The van der Waals surface area contributed by atoms with Crippen molar-refractivity contribution in [3.8, 4) is 11.5 Å². The van der Waals surface area contributed by atoms with Crippen molar-refractivity contribution in [3.05, 3.63) is 23.8 Å². The van der Waals surface area contributed by atoms with Crippen LogP contribution >= 0.6 is 0 Å². The van der Waals surface area contributed by atoms with E-state index in [4.69, 9.17) is 27.0 Å². The van der Waals surface area contributed by atoms with E-state index in [9.17, 15) is 0 Å². The molecular weight excluding hydrogens is 184 g/mol. The quantitative estimate of drug-likeness (QED) is 0.272. The number of aromatic hydroxyl groups is 2. The van der Waals surface area contributed by atoms with Gasteiger partial charge in [0.2, 0.25) is 4.91 Å². The summed E-state index contributed by atoms with van der Waals surface area (Å²) < 4.78 is 0. The zero-order chi connectivity index (χ0) is 11.0. The molecule has 0 saturated heterocycles. The van der Waals surface area contributed by atoms with Crippen molar-refractivity contribution in [2.75, 3.05) is 6.54 Å². The van der Waals surface area contributed by atoms with Gasteiger partial charge in [0, 0.05) is 0 Å². The second-order valence-corrected chi connectivity index (χ2v) is 2.47. The Hall–Kier alpha value is -1.91. The molecule has 0 aliphatic rings. The van der Waals surface area contributed by atoms with Gasteiger partial charge in [-0.3, -0.25) is 0 Å². The molecule has 0 aliphatic heterocycles. The molecule has 76 valence electrons. The molecule has 0 fully saturated rings. The van der Waals surface area contributed by atoms with Crippen LogP contribution in [0, 0.1) is 11.1 Å². The standard InChI is InChI=1S/C8H11NO2.H2N3/c9-4-3-6-1-2-7(10)8(11)5-6;1-3-2/h1-2,5,10-11H,3-4,9H2;1-2H/q;+1. The van der Waals surface area contributed by atoms with E-state index in [2.05, 4.69) is 0 Å². The lowest BCUT2D eigenvalue weighted by molar-refractivity contribution is 0.403. The van der Waals surface area contributed by atoms with Gasteiger partial charge < -0.3 is 15.9 Å².